The Labute approximate surface area is 126 Å². The monoisotopic (exact) mass is 288 g/mol. The molecule has 3 unspecified atom stereocenters. The lowest BCUT2D eigenvalue weighted by Gasteiger charge is -2.31. The van der Waals surface area contributed by atoms with Gasteiger partial charge in [0.2, 0.25) is 5.91 Å². The molecular weight excluding hydrogens is 264 g/mol. The molecule has 0 aromatic heterocycles. The van der Waals surface area contributed by atoms with Crippen molar-refractivity contribution >= 4 is 11.6 Å². The molecule has 0 bridgehead atoms. The predicted molar refractivity (Wildman–Crippen MR) is 85.2 cm³/mol. The van der Waals surface area contributed by atoms with E-state index < -0.39 is 0 Å². The molecule has 0 spiro atoms. The predicted octanol–water partition coefficient (Wildman–Crippen LogP) is 2.95. The van der Waals surface area contributed by atoms with Crippen molar-refractivity contribution in [3.63, 3.8) is 0 Å². The number of hydrogen-bond donors (Lipinski definition) is 2. The average molecular weight is 288 g/mol. The molecule has 3 atom stereocenters. The Morgan fingerprint density at radius 3 is 2.86 bits per heavy atom. The molecule has 4 heteroatoms. The van der Waals surface area contributed by atoms with Crippen LogP contribution in [0.25, 0.3) is 0 Å². The first-order valence-electron chi connectivity index (χ1n) is 7.36. The van der Waals surface area contributed by atoms with Crippen LogP contribution in [0.1, 0.15) is 26.7 Å². The van der Waals surface area contributed by atoms with Crippen LogP contribution in [0.4, 0.5) is 5.69 Å². The lowest BCUT2D eigenvalue weighted by Crippen LogP contribution is -2.43. The molecule has 0 radical (unpaired) electrons. The molecule has 3 N–H and O–H groups in total. The van der Waals surface area contributed by atoms with Crippen LogP contribution < -0.4 is 15.8 Å². The number of primary amides is 1. The molecule has 21 heavy (non-hydrogen) atoms. The highest BCUT2D eigenvalue weighted by atomic mass is 16.5. The summed E-state index contributed by atoms with van der Waals surface area (Å²) in [5.41, 5.74) is 7.81. The van der Waals surface area contributed by atoms with Crippen LogP contribution in [0, 0.1) is 11.8 Å². The Morgan fingerprint density at radius 1 is 1.48 bits per heavy atom. The third-order valence-corrected chi connectivity index (χ3v) is 4.00. The van der Waals surface area contributed by atoms with E-state index in [4.69, 9.17) is 10.5 Å². The van der Waals surface area contributed by atoms with Crippen molar-refractivity contribution in [1.82, 2.24) is 0 Å². The maximum Gasteiger partial charge on any atom is 0.240 e. The fraction of sp³-hybridized carbons (Fsp3) is 0.471. The Hall–Kier alpha value is -1.97. The number of nitrogens with one attached hydrogen (secondary N) is 1. The van der Waals surface area contributed by atoms with E-state index >= 15 is 0 Å². The second-order valence-electron chi connectivity index (χ2n) is 5.95. The Kier molecular flexibility index (Phi) is 4.89. The molecule has 0 aliphatic heterocycles. The number of amides is 1. The molecule has 0 saturated heterocycles. The van der Waals surface area contributed by atoms with E-state index in [0.717, 1.165) is 24.3 Å². The summed E-state index contributed by atoms with van der Waals surface area (Å²) in [6.07, 6.45) is 4.16. The number of methoxy groups -OCH3 is 1. The van der Waals surface area contributed by atoms with Crippen LogP contribution in [0.15, 0.2) is 35.9 Å². The van der Waals surface area contributed by atoms with Crippen molar-refractivity contribution in [1.29, 1.82) is 0 Å². The normalized spacial score (nSPS) is 23.1. The largest absolute Gasteiger partial charge is 0.497 e. The maximum atomic E-state index is 11.9. The summed E-state index contributed by atoms with van der Waals surface area (Å²) in [6, 6.07) is 7.22. The van der Waals surface area contributed by atoms with Crippen LogP contribution in [0.3, 0.4) is 0 Å². The van der Waals surface area contributed by atoms with Gasteiger partial charge in [-0.25, -0.2) is 0 Å². The number of carbonyl (C=O) groups excluding carboxylic acids is 1. The molecule has 1 aromatic carbocycles. The minimum Gasteiger partial charge on any atom is -0.497 e. The van der Waals surface area contributed by atoms with Crippen molar-refractivity contribution < 1.29 is 9.53 Å². The van der Waals surface area contributed by atoms with Gasteiger partial charge in [0, 0.05) is 11.8 Å². The van der Waals surface area contributed by atoms with E-state index in [9.17, 15) is 4.79 Å². The number of anilines is 1. The van der Waals surface area contributed by atoms with Crippen molar-refractivity contribution in [3.05, 3.63) is 35.9 Å². The van der Waals surface area contributed by atoms with E-state index in [1.54, 1.807) is 7.11 Å². The molecule has 1 aliphatic carbocycles. The third kappa shape index (κ3) is 4.00. The number of rotatable bonds is 5. The Morgan fingerprint density at radius 2 is 2.24 bits per heavy atom. The van der Waals surface area contributed by atoms with E-state index in [0.29, 0.717) is 5.92 Å². The first-order chi connectivity index (χ1) is 9.99. The molecule has 2 rings (SSSR count). The highest BCUT2D eigenvalue weighted by Gasteiger charge is 2.30. The second kappa shape index (κ2) is 6.66. The van der Waals surface area contributed by atoms with Gasteiger partial charge in [-0.1, -0.05) is 24.6 Å². The standard InChI is InChI=1S/C17H24N2O2/c1-11-7-12(2)9-13(8-11)16(17(18)20)19-14-5-4-6-15(10-14)21-3/h4-7,10-11,13,16,19H,8-9H2,1-3H3,(H2,18,20). The minimum absolute atomic E-state index is 0.230. The van der Waals surface area contributed by atoms with Gasteiger partial charge in [0.25, 0.3) is 0 Å². The molecule has 4 nitrogen and oxygen atoms in total. The van der Waals surface area contributed by atoms with Crippen LogP contribution in [0.5, 0.6) is 5.75 Å². The van der Waals surface area contributed by atoms with Gasteiger partial charge in [-0.15, -0.1) is 0 Å². The minimum atomic E-state index is -0.358. The number of hydrogen-bond acceptors (Lipinski definition) is 3. The van der Waals surface area contributed by atoms with Crippen molar-refractivity contribution in [3.8, 4) is 5.75 Å². The SMILES string of the molecule is COc1cccc(NC(C(N)=O)C2CC(C)=CC(C)C2)c1. The van der Waals surface area contributed by atoms with Gasteiger partial charge in [-0.3, -0.25) is 4.79 Å². The molecule has 0 fully saturated rings. The second-order valence-corrected chi connectivity index (χ2v) is 5.95. The molecule has 1 aromatic rings. The fourth-order valence-corrected chi connectivity index (χ4v) is 3.16. The van der Waals surface area contributed by atoms with Crippen molar-refractivity contribution in [2.45, 2.75) is 32.7 Å². The summed E-state index contributed by atoms with van der Waals surface area (Å²) in [7, 11) is 1.63. The average Bonchev–Trinajstić information content (AvgIpc) is 2.43. The molecule has 1 amide bonds. The molecule has 114 valence electrons. The van der Waals surface area contributed by atoms with Crippen LogP contribution >= 0.6 is 0 Å². The van der Waals surface area contributed by atoms with Gasteiger partial charge in [0.1, 0.15) is 11.8 Å². The van der Waals surface area contributed by atoms with Gasteiger partial charge in [0.15, 0.2) is 0 Å². The smallest absolute Gasteiger partial charge is 0.240 e. The molecular formula is C17H24N2O2. The highest BCUT2D eigenvalue weighted by molar-refractivity contribution is 5.83. The summed E-state index contributed by atoms with van der Waals surface area (Å²) < 4.78 is 5.21. The van der Waals surface area contributed by atoms with Crippen LogP contribution in [-0.2, 0) is 4.79 Å². The first kappa shape index (κ1) is 15.4. The summed E-state index contributed by atoms with van der Waals surface area (Å²) in [5.74, 6) is 1.17. The lowest BCUT2D eigenvalue weighted by molar-refractivity contribution is -0.119. The number of allylic oxidation sites excluding steroid dienone is 2. The Balaban J connectivity index is 2.16. The third-order valence-electron chi connectivity index (χ3n) is 4.00. The molecule has 0 heterocycles. The lowest BCUT2D eigenvalue weighted by atomic mass is 9.79. The molecule has 1 aliphatic rings. The van der Waals surface area contributed by atoms with Gasteiger partial charge in [0.05, 0.1) is 7.11 Å². The van der Waals surface area contributed by atoms with Crippen LogP contribution in [-0.4, -0.2) is 19.1 Å². The van der Waals surface area contributed by atoms with Gasteiger partial charge < -0.3 is 15.8 Å². The topological polar surface area (TPSA) is 64.3 Å². The molecule has 0 saturated carbocycles. The van der Waals surface area contributed by atoms with E-state index in [2.05, 4.69) is 25.2 Å². The zero-order chi connectivity index (χ0) is 15.4. The zero-order valence-electron chi connectivity index (χ0n) is 12.9. The van der Waals surface area contributed by atoms with Gasteiger partial charge >= 0.3 is 0 Å². The van der Waals surface area contributed by atoms with Crippen LogP contribution in [0.2, 0.25) is 0 Å². The maximum absolute atomic E-state index is 11.9. The number of nitrogens with two attached hydrogens (primary N) is 1. The van der Waals surface area contributed by atoms with Gasteiger partial charge in [-0.2, -0.15) is 0 Å². The zero-order valence-corrected chi connectivity index (χ0v) is 12.9. The summed E-state index contributed by atoms with van der Waals surface area (Å²) >= 11 is 0. The van der Waals surface area contributed by atoms with E-state index in [1.807, 2.05) is 24.3 Å². The van der Waals surface area contributed by atoms with Gasteiger partial charge in [-0.05, 0) is 43.7 Å². The fourth-order valence-electron chi connectivity index (χ4n) is 3.16. The highest BCUT2D eigenvalue weighted by Crippen LogP contribution is 2.31. The number of ether oxygens (including phenoxy) is 1. The van der Waals surface area contributed by atoms with E-state index in [1.165, 1.54) is 5.57 Å². The number of benzene rings is 1. The van der Waals surface area contributed by atoms with E-state index in [-0.39, 0.29) is 17.9 Å². The summed E-state index contributed by atoms with van der Waals surface area (Å²) in [5, 5.41) is 3.28. The quantitative estimate of drug-likeness (QED) is 0.819. The first-order valence-corrected chi connectivity index (χ1v) is 7.36. The van der Waals surface area contributed by atoms with Crippen molar-refractivity contribution in [2.75, 3.05) is 12.4 Å². The van der Waals surface area contributed by atoms with Crippen molar-refractivity contribution in [2.24, 2.45) is 17.6 Å². The summed E-state index contributed by atoms with van der Waals surface area (Å²) in [4.78, 5) is 11.9. The Bertz CT molecular complexity index is 539. The summed E-state index contributed by atoms with van der Waals surface area (Å²) in [6.45, 7) is 4.30. The number of carbonyl (C=O) groups is 1.